The van der Waals surface area contributed by atoms with Crippen LogP contribution in [0.4, 0.5) is 5.69 Å². The minimum atomic E-state index is 0.621. The molecule has 4 nitrogen and oxygen atoms in total. The highest BCUT2D eigenvalue weighted by Gasteiger charge is 2.11. The third-order valence-corrected chi connectivity index (χ3v) is 2.77. The van der Waals surface area contributed by atoms with Gasteiger partial charge in [0.15, 0.2) is 11.6 Å². The molecule has 90 valence electrons. The van der Waals surface area contributed by atoms with Gasteiger partial charge in [0.1, 0.15) is 0 Å². The van der Waals surface area contributed by atoms with E-state index in [4.69, 9.17) is 17.3 Å². The average molecular weight is 251 g/mol. The number of hydrogen-bond acceptors (Lipinski definition) is 3. The van der Waals surface area contributed by atoms with E-state index >= 15 is 0 Å². The molecule has 2 aromatic rings. The number of nitrogens with two attached hydrogens (primary N) is 1. The van der Waals surface area contributed by atoms with Gasteiger partial charge in [-0.2, -0.15) is 5.10 Å². The molecule has 0 saturated heterocycles. The van der Waals surface area contributed by atoms with Crippen molar-refractivity contribution >= 4 is 17.3 Å². The summed E-state index contributed by atoms with van der Waals surface area (Å²) in [7, 11) is 1.87. The van der Waals surface area contributed by atoms with Crippen molar-refractivity contribution in [1.29, 1.82) is 0 Å². The normalized spacial score (nSPS) is 10.8. The van der Waals surface area contributed by atoms with Gasteiger partial charge in [0, 0.05) is 29.7 Å². The molecule has 2 N–H and O–H groups in total. The van der Waals surface area contributed by atoms with Crippen LogP contribution in [0.3, 0.4) is 0 Å². The molecule has 0 amide bonds. The second kappa shape index (κ2) is 4.75. The second-order valence-electron chi connectivity index (χ2n) is 3.96. The van der Waals surface area contributed by atoms with Gasteiger partial charge in [-0.05, 0) is 24.6 Å². The second-order valence-corrected chi connectivity index (χ2v) is 4.39. The van der Waals surface area contributed by atoms with Crippen molar-refractivity contribution in [3.05, 3.63) is 29.0 Å². The Hall–Kier alpha value is -1.55. The van der Waals surface area contributed by atoms with E-state index in [0.717, 1.165) is 30.1 Å². The summed E-state index contributed by atoms with van der Waals surface area (Å²) in [5.74, 6) is 1.63. The van der Waals surface area contributed by atoms with E-state index in [0.29, 0.717) is 10.7 Å². The predicted octanol–water partition coefficient (Wildman–Crippen LogP) is 2.67. The lowest BCUT2D eigenvalue weighted by Gasteiger charge is -2.04. The van der Waals surface area contributed by atoms with Crippen molar-refractivity contribution in [2.45, 2.75) is 19.8 Å². The number of rotatable bonds is 3. The Kier molecular flexibility index (Phi) is 3.33. The molecule has 0 aliphatic rings. The Labute approximate surface area is 105 Å². The van der Waals surface area contributed by atoms with Crippen molar-refractivity contribution in [1.82, 2.24) is 14.8 Å². The van der Waals surface area contributed by atoms with Crippen molar-refractivity contribution in [3.63, 3.8) is 0 Å². The number of benzene rings is 1. The highest BCUT2D eigenvalue weighted by atomic mass is 35.5. The molecule has 0 saturated carbocycles. The molecule has 0 aliphatic carbocycles. The molecule has 0 atom stereocenters. The molecule has 0 fully saturated rings. The first-order chi connectivity index (χ1) is 8.11. The molecule has 5 heteroatoms. The maximum absolute atomic E-state index is 5.94. The number of nitrogens with zero attached hydrogens (tertiary/aromatic N) is 3. The maximum Gasteiger partial charge on any atom is 0.160 e. The molecule has 0 spiro atoms. The molecule has 0 bridgehead atoms. The van der Waals surface area contributed by atoms with E-state index in [1.807, 2.05) is 13.1 Å². The lowest BCUT2D eigenvalue weighted by molar-refractivity contribution is 0.738. The van der Waals surface area contributed by atoms with E-state index in [1.54, 1.807) is 16.8 Å². The third-order valence-electron chi connectivity index (χ3n) is 2.54. The summed E-state index contributed by atoms with van der Waals surface area (Å²) in [4.78, 5) is 4.49. The van der Waals surface area contributed by atoms with Gasteiger partial charge in [0.25, 0.3) is 0 Å². The summed E-state index contributed by atoms with van der Waals surface area (Å²) >= 11 is 5.88. The van der Waals surface area contributed by atoms with Gasteiger partial charge in [-0.15, -0.1) is 0 Å². The molecule has 1 heterocycles. The van der Waals surface area contributed by atoms with E-state index in [9.17, 15) is 0 Å². The Morgan fingerprint density at radius 1 is 1.41 bits per heavy atom. The summed E-state index contributed by atoms with van der Waals surface area (Å²) < 4.78 is 1.75. The Morgan fingerprint density at radius 3 is 2.82 bits per heavy atom. The van der Waals surface area contributed by atoms with Crippen LogP contribution in [0.15, 0.2) is 18.2 Å². The number of anilines is 1. The fourth-order valence-electron chi connectivity index (χ4n) is 1.74. The van der Waals surface area contributed by atoms with Gasteiger partial charge < -0.3 is 5.73 Å². The molecule has 1 aromatic carbocycles. The zero-order valence-corrected chi connectivity index (χ0v) is 10.7. The SMILES string of the molecule is CCCc1nc(-c2ccc(Cl)cc2N)n(C)n1. The van der Waals surface area contributed by atoms with Crippen LogP contribution >= 0.6 is 11.6 Å². The van der Waals surface area contributed by atoms with Crippen LogP contribution in [0.25, 0.3) is 11.4 Å². The van der Waals surface area contributed by atoms with Gasteiger partial charge in [-0.3, -0.25) is 0 Å². The first kappa shape index (κ1) is 11.9. The number of halogens is 1. The first-order valence-corrected chi connectivity index (χ1v) is 5.95. The van der Waals surface area contributed by atoms with Crippen LogP contribution < -0.4 is 5.73 Å². The maximum atomic E-state index is 5.94. The monoisotopic (exact) mass is 250 g/mol. The third kappa shape index (κ3) is 2.42. The Balaban J connectivity index is 2.45. The number of hydrogen-bond donors (Lipinski definition) is 1. The van der Waals surface area contributed by atoms with Gasteiger partial charge >= 0.3 is 0 Å². The summed E-state index contributed by atoms with van der Waals surface area (Å²) in [5.41, 5.74) is 7.43. The Morgan fingerprint density at radius 2 is 2.18 bits per heavy atom. The lowest BCUT2D eigenvalue weighted by Crippen LogP contribution is -1.98. The predicted molar refractivity (Wildman–Crippen MR) is 69.9 cm³/mol. The minimum Gasteiger partial charge on any atom is -0.398 e. The molecule has 2 rings (SSSR count). The van der Waals surface area contributed by atoms with E-state index in [2.05, 4.69) is 17.0 Å². The van der Waals surface area contributed by atoms with Gasteiger partial charge in [-0.1, -0.05) is 18.5 Å². The van der Waals surface area contributed by atoms with Crippen LogP contribution in [0.2, 0.25) is 5.02 Å². The molecule has 17 heavy (non-hydrogen) atoms. The fourth-order valence-corrected chi connectivity index (χ4v) is 1.92. The molecule has 0 aliphatic heterocycles. The van der Waals surface area contributed by atoms with Crippen molar-refractivity contribution in [2.24, 2.45) is 7.05 Å². The van der Waals surface area contributed by atoms with E-state index < -0.39 is 0 Å². The summed E-state index contributed by atoms with van der Waals surface area (Å²) in [5, 5.41) is 4.98. The zero-order valence-electron chi connectivity index (χ0n) is 9.94. The molecular weight excluding hydrogens is 236 g/mol. The standard InChI is InChI=1S/C12H15ClN4/c1-3-4-11-15-12(17(2)16-11)9-6-5-8(13)7-10(9)14/h5-7H,3-4,14H2,1-2H3. The van der Waals surface area contributed by atoms with Crippen LogP contribution in [0.1, 0.15) is 19.2 Å². The lowest BCUT2D eigenvalue weighted by atomic mass is 10.1. The van der Waals surface area contributed by atoms with Crippen LogP contribution in [-0.4, -0.2) is 14.8 Å². The topological polar surface area (TPSA) is 56.7 Å². The number of nitrogen functional groups attached to an aromatic ring is 1. The smallest absolute Gasteiger partial charge is 0.160 e. The van der Waals surface area contributed by atoms with Gasteiger partial charge in [-0.25, -0.2) is 9.67 Å². The van der Waals surface area contributed by atoms with Gasteiger partial charge in [0.05, 0.1) is 0 Å². The number of aryl methyl sites for hydroxylation is 2. The quantitative estimate of drug-likeness (QED) is 0.852. The van der Waals surface area contributed by atoms with Crippen LogP contribution in [0, 0.1) is 0 Å². The molecule has 1 aromatic heterocycles. The van der Waals surface area contributed by atoms with E-state index in [-0.39, 0.29) is 0 Å². The van der Waals surface area contributed by atoms with Crippen molar-refractivity contribution in [3.8, 4) is 11.4 Å². The number of aromatic nitrogens is 3. The molecule has 0 unspecified atom stereocenters. The summed E-state index contributed by atoms with van der Waals surface area (Å²) in [6.45, 7) is 2.10. The largest absolute Gasteiger partial charge is 0.398 e. The highest BCUT2D eigenvalue weighted by molar-refractivity contribution is 6.31. The average Bonchev–Trinajstić information content (AvgIpc) is 2.60. The van der Waals surface area contributed by atoms with Crippen molar-refractivity contribution < 1.29 is 0 Å². The first-order valence-electron chi connectivity index (χ1n) is 5.57. The van der Waals surface area contributed by atoms with E-state index in [1.165, 1.54) is 0 Å². The highest BCUT2D eigenvalue weighted by Crippen LogP contribution is 2.26. The summed E-state index contributed by atoms with van der Waals surface area (Å²) in [6, 6.07) is 5.41. The summed E-state index contributed by atoms with van der Waals surface area (Å²) in [6.07, 6.45) is 1.90. The molecule has 0 radical (unpaired) electrons. The van der Waals surface area contributed by atoms with Gasteiger partial charge in [0.2, 0.25) is 0 Å². The fraction of sp³-hybridized carbons (Fsp3) is 0.333. The van der Waals surface area contributed by atoms with Crippen LogP contribution in [0.5, 0.6) is 0 Å². The Bertz CT molecular complexity index is 533. The molecular formula is C12H15ClN4. The minimum absolute atomic E-state index is 0.621. The van der Waals surface area contributed by atoms with Crippen LogP contribution in [-0.2, 0) is 13.5 Å². The van der Waals surface area contributed by atoms with Crippen molar-refractivity contribution in [2.75, 3.05) is 5.73 Å². The zero-order chi connectivity index (χ0) is 12.4.